The third-order valence-electron chi connectivity index (χ3n) is 2.82. The summed E-state index contributed by atoms with van der Waals surface area (Å²) in [6, 6.07) is 0. The summed E-state index contributed by atoms with van der Waals surface area (Å²) in [6.07, 6.45) is 3.98. The van der Waals surface area contributed by atoms with E-state index in [4.69, 9.17) is 4.74 Å². The molecule has 0 radical (unpaired) electrons. The van der Waals surface area contributed by atoms with Gasteiger partial charge in [0.05, 0.1) is 12.9 Å². The van der Waals surface area contributed by atoms with E-state index in [1.54, 1.807) is 0 Å². The maximum atomic E-state index is 5.20. The van der Waals surface area contributed by atoms with E-state index in [-0.39, 0.29) is 0 Å². The monoisotopic (exact) mass is 166 g/mol. The van der Waals surface area contributed by atoms with Crippen LogP contribution in [-0.2, 0) is 4.74 Å². The van der Waals surface area contributed by atoms with Gasteiger partial charge < -0.3 is 4.74 Å². The Hall–Kier alpha value is -0.720. The van der Waals surface area contributed by atoms with Crippen LogP contribution < -0.4 is 0 Å². The molecule has 2 unspecified atom stereocenters. The molecular formula is C11H18O. The van der Waals surface area contributed by atoms with Crippen molar-refractivity contribution in [1.82, 2.24) is 0 Å². The van der Waals surface area contributed by atoms with Crippen LogP contribution in [-0.4, -0.2) is 6.61 Å². The summed E-state index contributed by atoms with van der Waals surface area (Å²) in [5.41, 5.74) is 2.93. The molecule has 0 aromatic rings. The van der Waals surface area contributed by atoms with E-state index in [0.29, 0.717) is 11.8 Å². The molecule has 0 aromatic carbocycles. The Morgan fingerprint density at radius 2 is 2.08 bits per heavy atom. The number of rotatable bonds is 2. The van der Waals surface area contributed by atoms with Crippen molar-refractivity contribution in [3.63, 3.8) is 0 Å². The molecule has 0 aromatic heterocycles. The van der Waals surface area contributed by atoms with Gasteiger partial charge in [0.25, 0.3) is 0 Å². The number of allylic oxidation sites excluding steroid dienone is 2. The molecule has 1 rings (SSSR count). The lowest BCUT2D eigenvalue weighted by molar-refractivity contribution is 0.230. The Kier molecular flexibility index (Phi) is 2.96. The van der Waals surface area contributed by atoms with E-state index in [1.807, 2.05) is 6.26 Å². The Balaban J connectivity index is 2.64. The first-order chi connectivity index (χ1) is 5.63. The normalized spacial score (nSPS) is 23.5. The summed E-state index contributed by atoms with van der Waals surface area (Å²) in [4.78, 5) is 0. The fourth-order valence-corrected chi connectivity index (χ4v) is 1.47. The SMILES string of the molecule is CC(C)=C(C)C(C)C1C=COC1. The van der Waals surface area contributed by atoms with Crippen LogP contribution in [0.4, 0.5) is 0 Å². The predicted octanol–water partition coefficient (Wildman–Crippen LogP) is 3.14. The van der Waals surface area contributed by atoms with E-state index < -0.39 is 0 Å². The van der Waals surface area contributed by atoms with E-state index in [0.717, 1.165) is 6.61 Å². The van der Waals surface area contributed by atoms with Gasteiger partial charge in [-0.3, -0.25) is 0 Å². The molecule has 2 atom stereocenters. The second kappa shape index (κ2) is 3.79. The van der Waals surface area contributed by atoms with Crippen molar-refractivity contribution >= 4 is 0 Å². The van der Waals surface area contributed by atoms with Crippen LogP contribution in [0.1, 0.15) is 27.7 Å². The van der Waals surface area contributed by atoms with Crippen LogP contribution >= 0.6 is 0 Å². The van der Waals surface area contributed by atoms with Gasteiger partial charge in [-0.2, -0.15) is 0 Å². The lowest BCUT2D eigenvalue weighted by atomic mass is 9.87. The van der Waals surface area contributed by atoms with Crippen molar-refractivity contribution < 1.29 is 4.74 Å². The molecular weight excluding hydrogens is 148 g/mol. The van der Waals surface area contributed by atoms with Gasteiger partial charge in [0, 0.05) is 5.92 Å². The Morgan fingerprint density at radius 3 is 2.50 bits per heavy atom. The van der Waals surface area contributed by atoms with Crippen LogP contribution in [0.15, 0.2) is 23.5 Å². The number of ether oxygens (including phenoxy) is 1. The molecule has 0 spiro atoms. The zero-order valence-electron chi connectivity index (χ0n) is 8.42. The second-order valence-electron chi connectivity index (χ2n) is 3.80. The fourth-order valence-electron chi connectivity index (χ4n) is 1.47. The van der Waals surface area contributed by atoms with Gasteiger partial charge in [0.15, 0.2) is 0 Å². The van der Waals surface area contributed by atoms with Crippen LogP contribution in [0.3, 0.4) is 0 Å². The minimum atomic E-state index is 0.583. The molecule has 0 saturated heterocycles. The summed E-state index contributed by atoms with van der Waals surface area (Å²) in [5.74, 6) is 1.20. The van der Waals surface area contributed by atoms with Crippen LogP contribution in [0.25, 0.3) is 0 Å². The average molecular weight is 166 g/mol. The highest BCUT2D eigenvalue weighted by Crippen LogP contribution is 2.26. The van der Waals surface area contributed by atoms with Crippen molar-refractivity contribution in [2.45, 2.75) is 27.7 Å². The minimum absolute atomic E-state index is 0.583. The smallest absolute Gasteiger partial charge is 0.0942 e. The topological polar surface area (TPSA) is 9.23 Å². The third-order valence-corrected chi connectivity index (χ3v) is 2.82. The fraction of sp³-hybridized carbons (Fsp3) is 0.636. The highest BCUT2D eigenvalue weighted by atomic mass is 16.5. The van der Waals surface area contributed by atoms with Crippen molar-refractivity contribution in [2.75, 3.05) is 6.61 Å². The van der Waals surface area contributed by atoms with Gasteiger partial charge in [-0.05, 0) is 32.8 Å². The maximum Gasteiger partial charge on any atom is 0.0942 e. The summed E-state index contributed by atoms with van der Waals surface area (Å²) in [5, 5.41) is 0. The first-order valence-corrected chi connectivity index (χ1v) is 4.55. The minimum Gasteiger partial charge on any atom is -0.501 e. The van der Waals surface area contributed by atoms with E-state index in [2.05, 4.69) is 33.8 Å². The van der Waals surface area contributed by atoms with Gasteiger partial charge in [0.2, 0.25) is 0 Å². The van der Waals surface area contributed by atoms with Gasteiger partial charge in [-0.25, -0.2) is 0 Å². The van der Waals surface area contributed by atoms with Gasteiger partial charge in [-0.1, -0.05) is 18.1 Å². The maximum absolute atomic E-state index is 5.20. The van der Waals surface area contributed by atoms with Gasteiger partial charge in [-0.15, -0.1) is 0 Å². The first kappa shape index (κ1) is 9.37. The summed E-state index contributed by atoms with van der Waals surface area (Å²) in [7, 11) is 0. The van der Waals surface area contributed by atoms with Crippen molar-refractivity contribution in [3.05, 3.63) is 23.5 Å². The number of hydrogen-bond donors (Lipinski definition) is 0. The molecule has 0 fully saturated rings. The highest BCUT2D eigenvalue weighted by Gasteiger charge is 2.19. The van der Waals surface area contributed by atoms with Crippen LogP contribution in [0.2, 0.25) is 0 Å². The first-order valence-electron chi connectivity index (χ1n) is 4.55. The van der Waals surface area contributed by atoms with E-state index >= 15 is 0 Å². The van der Waals surface area contributed by atoms with Crippen LogP contribution in [0.5, 0.6) is 0 Å². The van der Waals surface area contributed by atoms with E-state index in [1.165, 1.54) is 11.1 Å². The molecule has 0 saturated carbocycles. The van der Waals surface area contributed by atoms with Crippen molar-refractivity contribution in [1.29, 1.82) is 0 Å². The molecule has 0 aliphatic carbocycles. The zero-order valence-corrected chi connectivity index (χ0v) is 8.42. The molecule has 1 aliphatic heterocycles. The van der Waals surface area contributed by atoms with E-state index in [9.17, 15) is 0 Å². The number of hydrogen-bond acceptors (Lipinski definition) is 1. The largest absolute Gasteiger partial charge is 0.501 e. The quantitative estimate of drug-likeness (QED) is 0.573. The van der Waals surface area contributed by atoms with Crippen molar-refractivity contribution in [3.8, 4) is 0 Å². The van der Waals surface area contributed by atoms with Crippen LogP contribution in [0, 0.1) is 11.8 Å². The molecule has 0 amide bonds. The Bertz CT molecular complexity index is 209. The van der Waals surface area contributed by atoms with Gasteiger partial charge >= 0.3 is 0 Å². The lowest BCUT2D eigenvalue weighted by Gasteiger charge is -2.18. The molecule has 1 heterocycles. The molecule has 12 heavy (non-hydrogen) atoms. The average Bonchev–Trinajstić information content (AvgIpc) is 2.53. The summed E-state index contributed by atoms with van der Waals surface area (Å²) in [6.45, 7) is 9.68. The second-order valence-corrected chi connectivity index (χ2v) is 3.80. The summed E-state index contributed by atoms with van der Waals surface area (Å²) >= 11 is 0. The molecule has 68 valence electrons. The Labute approximate surface area is 75.1 Å². The molecule has 0 N–H and O–H groups in total. The van der Waals surface area contributed by atoms with Gasteiger partial charge in [0.1, 0.15) is 0 Å². The summed E-state index contributed by atoms with van der Waals surface area (Å²) < 4.78 is 5.20. The molecule has 0 bridgehead atoms. The third kappa shape index (κ3) is 1.90. The molecule has 1 aliphatic rings. The standard InChI is InChI=1S/C11H18O/c1-8(2)9(3)10(4)11-5-6-12-7-11/h5-6,10-11H,7H2,1-4H3. The Morgan fingerprint density at radius 1 is 1.42 bits per heavy atom. The lowest BCUT2D eigenvalue weighted by Crippen LogP contribution is -2.12. The zero-order chi connectivity index (χ0) is 9.14. The van der Waals surface area contributed by atoms with Crippen molar-refractivity contribution in [2.24, 2.45) is 11.8 Å². The molecule has 1 nitrogen and oxygen atoms in total. The highest BCUT2D eigenvalue weighted by molar-refractivity contribution is 5.13. The molecule has 1 heteroatoms. The predicted molar refractivity (Wildman–Crippen MR) is 51.8 cm³/mol.